The molecule has 0 bridgehead atoms. The molecule has 0 radical (unpaired) electrons. The van der Waals surface area contributed by atoms with Gasteiger partial charge in [-0.05, 0) is 22.9 Å². The van der Waals surface area contributed by atoms with Crippen molar-refractivity contribution >= 4 is 22.5 Å². The molecule has 0 aliphatic heterocycles. The van der Waals surface area contributed by atoms with Gasteiger partial charge in [0.1, 0.15) is 41.8 Å². The zero-order valence-electron chi connectivity index (χ0n) is 16.0. The number of ether oxygens (including phenoxy) is 4. The molecule has 0 fully saturated rings. The quantitative estimate of drug-likeness (QED) is 0.336. The number of benzene rings is 3. The number of hydrogen-bond donors (Lipinski definition) is 1. The molecule has 0 saturated heterocycles. The van der Waals surface area contributed by atoms with Gasteiger partial charge in [0.05, 0.1) is 14.2 Å². The number of rotatable bonds is 9. The maximum absolute atomic E-state index is 11.9. The summed E-state index contributed by atoms with van der Waals surface area (Å²) in [4.78, 5) is 22.9. The lowest BCUT2D eigenvalue weighted by molar-refractivity contribution is -0.131. The van der Waals surface area contributed by atoms with E-state index in [1.807, 2.05) is 42.5 Å². The van der Waals surface area contributed by atoms with E-state index in [0.717, 1.165) is 16.5 Å². The van der Waals surface area contributed by atoms with E-state index in [4.69, 9.17) is 24.1 Å². The summed E-state index contributed by atoms with van der Waals surface area (Å²) in [6, 6.07) is 16.7. The van der Waals surface area contributed by atoms with Crippen LogP contribution < -0.4 is 18.9 Å². The van der Waals surface area contributed by atoms with Crippen LogP contribution in [0.1, 0.15) is 10.4 Å². The number of methoxy groups -OCH3 is 2. The molecule has 7 heteroatoms. The number of carbonyl (C=O) groups is 2. The van der Waals surface area contributed by atoms with Gasteiger partial charge < -0.3 is 24.1 Å². The van der Waals surface area contributed by atoms with Crippen LogP contribution >= 0.6 is 0 Å². The van der Waals surface area contributed by atoms with Crippen LogP contribution in [0.3, 0.4) is 0 Å². The summed E-state index contributed by atoms with van der Waals surface area (Å²) in [5, 5.41) is 11.2. The Morgan fingerprint density at radius 2 is 1.38 bits per heavy atom. The Morgan fingerprint density at radius 3 is 1.97 bits per heavy atom. The summed E-state index contributed by atoms with van der Waals surface area (Å²) in [6.45, 7) is 0.518. The van der Waals surface area contributed by atoms with E-state index in [9.17, 15) is 9.59 Å². The number of carboxylic acids is 1. The van der Waals surface area contributed by atoms with E-state index in [2.05, 4.69) is 0 Å². The first kappa shape index (κ1) is 20.0. The maximum Gasteiger partial charge on any atom is 0.377 e. The first-order valence-corrected chi connectivity index (χ1v) is 8.81. The number of carboxylic acid groups (broad SMARTS) is 1. The second kappa shape index (κ2) is 8.97. The Morgan fingerprint density at radius 1 is 0.793 bits per heavy atom. The summed E-state index contributed by atoms with van der Waals surface area (Å²) >= 11 is 0. The Bertz CT molecular complexity index is 1020. The largest absolute Gasteiger partial charge is 0.496 e. The zero-order valence-corrected chi connectivity index (χ0v) is 16.0. The number of Topliss-reactive ketones (excluding diaryl/α,β-unsaturated/α-hetero) is 1. The van der Waals surface area contributed by atoms with Crippen LogP contribution in [0.5, 0.6) is 23.0 Å². The van der Waals surface area contributed by atoms with E-state index < -0.39 is 11.8 Å². The van der Waals surface area contributed by atoms with Crippen molar-refractivity contribution in [1.29, 1.82) is 0 Å². The average Bonchev–Trinajstić information content (AvgIpc) is 2.75. The van der Waals surface area contributed by atoms with Crippen molar-refractivity contribution in [1.82, 2.24) is 0 Å². The van der Waals surface area contributed by atoms with Gasteiger partial charge in [-0.15, -0.1) is 0 Å². The highest BCUT2D eigenvalue weighted by molar-refractivity contribution is 6.41. The minimum absolute atomic E-state index is 0.0576. The van der Waals surface area contributed by atoms with Crippen molar-refractivity contribution in [3.63, 3.8) is 0 Å². The second-order valence-electron chi connectivity index (χ2n) is 6.04. The molecule has 0 aliphatic rings. The molecule has 0 unspecified atom stereocenters. The summed E-state index contributed by atoms with van der Waals surface area (Å²) in [5.74, 6) is -1.51. The summed E-state index contributed by atoms with van der Waals surface area (Å²) < 4.78 is 21.7. The van der Waals surface area contributed by atoms with Crippen molar-refractivity contribution < 1.29 is 33.6 Å². The first-order valence-electron chi connectivity index (χ1n) is 8.81. The Hall–Kier alpha value is -3.74. The van der Waals surface area contributed by atoms with Gasteiger partial charge in [-0.2, -0.15) is 0 Å². The fourth-order valence-electron chi connectivity index (χ4n) is 2.88. The summed E-state index contributed by atoms with van der Waals surface area (Å²) in [6.07, 6.45) is 0. The molecular formula is C22H20O7. The van der Waals surface area contributed by atoms with Gasteiger partial charge in [0.15, 0.2) is 0 Å². The third-order valence-corrected chi connectivity index (χ3v) is 4.24. The number of hydrogen-bond acceptors (Lipinski definition) is 6. The lowest BCUT2D eigenvalue weighted by atomic mass is 10.1. The highest BCUT2D eigenvalue weighted by Crippen LogP contribution is 2.34. The lowest BCUT2D eigenvalue weighted by Gasteiger charge is -2.14. The second-order valence-corrected chi connectivity index (χ2v) is 6.04. The van der Waals surface area contributed by atoms with Gasteiger partial charge >= 0.3 is 5.97 Å². The van der Waals surface area contributed by atoms with Crippen molar-refractivity contribution in [2.75, 3.05) is 27.4 Å². The molecule has 7 nitrogen and oxygen atoms in total. The molecule has 3 aromatic rings. The minimum Gasteiger partial charge on any atom is -0.496 e. The van der Waals surface area contributed by atoms with Crippen LogP contribution in [0.2, 0.25) is 0 Å². The van der Waals surface area contributed by atoms with Crippen LogP contribution in [0.4, 0.5) is 0 Å². The molecule has 3 aromatic carbocycles. The Balaban J connectivity index is 1.66. The normalized spacial score (nSPS) is 10.4. The van der Waals surface area contributed by atoms with Crippen molar-refractivity contribution in [3.8, 4) is 23.0 Å². The van der Waals surface area contributed by atoms with Crippen LogP contribution in [0.25, 0.3) is 10.8 Å². The van der Waals surface area contributed by atoms with Crippen molar-refractivity contribution in [2.45, 2.75) is 0 Å². The standard InChI is InChI=1S/C22H20O7/c1-26-18-12-17(13-19(27-2)20(18)21(23)22(24)25)29-10-9-28-16-8-7-14-5-3-4-6-15(14)11-16/h3-8,11-13H,9-10H2,1-2H3,(H,24,25). The van der Waals surface area contributed by atoms with Gasteiger partial charge in [-0.25, -0.2) is 4.79 Å². The van der Waals surface area contributed by atoms with Gasteiger partial charge in [0.2, 0.25) is 0 Å². The minimum atomic E-state index is -1.60. The molecule has 0 saturated carbocycles. The molecule has 0 atom stereocenters. The Labute approximate surface area is 167 Å². The number of carbonyl (C=O) groups excluding carboxylic acids is 1. The SMILES string of the molecule is COc1cc(OCCOc2ccc3ccccc3c2)cc(OC)c1C(=O)C(=O)O. The van der Waals surface area contributed by atoms with Gasteiger partial charge in [-0.1, -0.05) is 30.3 Å². The molecule has 0 spiro atoms. The topological polar surface area (TPSA) is 91.3 Å². The third-order valence-electron chi connectivity index (χ3n) is 4.24. The molecule has 3 rings (SSSR count). The molecule has 150 valence electrons. The lowest BCUT2D eigenvalue weighted by Crippen LogP contribution is -2.16. The van der Waals surface area contributed by atoms with E-state index in [1.165, 1.54) is 26.4 Å². The van der Waals surface area contributed by atoms with Gasteiger partial charge in [0, 0.05) is 12.1 Å². The first-order chi connectivity index (χ1) is 14.0. The Kier molecular flexibility index (Phi) is 6.19. The smallest absolute Gasteiger partial charge is 0.377 e. The average molecular weight is 396 g/mol. The molecule has 29 heavy (non-hydrogen) atoms. The van der Waals surface area contributed by atoms with Crippen LogP contribution in [0, 0.1) is 0 Å². The summed E-state index contributed by atoms with van der Waals surface area (Å²) in [7, 11) is 2.67. The number of ketones is 1. The molecule has 0 aromatic heterocycles. The van der Waals surface area contributed by atoms with Crippen LogP contribution in [-0.2, 0) is 4.79 Å². The van der Waals surface area contributed by atoms with E-state index >= 15 is 0 Å². The maximum atomic E-state index is 11.9. The van der Waals surface area contributed by atoms with E-state index in [0.29, 0.717) is 12.4 Å². The third kappa shape index (κ3) is 4.57. The summed E-state index contributed by atoms with van der Waals surface area (Å²) in [5.41, 5.74) is -0.165. The number of aliphatic carboxylic acids is 1. The molecule has 1 N–H and O–H groups in total. The predicted octanol–water partition coefficient (Wildman–Crippen LogP) is 3.58. The number of fused-ring (bicyclic) bond motifs is 1. The van der Waals surface area contributed by atoms with Crippen molar-refractivity contribution in [2.24, 2.45) is 0 Å². The highest BCUT2D eigenvalue weighted by Gasteiger charge is 2.25. The molecule has 0 heterocycles. The fraction of sp³-hybridized carbons (Fsp3) is 0.182. The van der Waals surface area contributed by atoms with Crippen LogP contribution in [0.15, 0.2) is 54.6 Å². The molecule has 0 amide bonds. The van der Waals surface area contributed by atoms with Crippen molar-refractivity contribution in [3.05, 3.63) is 60.2 Å². The van der Waals surface area contributed by atoms with Gasteiger partial charge in [0.25, 0.3) is 5.78 Å². The highest BCUT2D eigenvalue weighted by atomic mass is 16.5. The fourth-order valence-corrected chi connectivity index (χ4v) is 2.88. The predicted molar refractivity (Wildman–Crippen MR) is 106 cm³/mol. The van der Waals surface area contributed by atoms with Crippen LogP contribution in [-0.4, -0.2) is 44.3 Å². The molecular weight excluding hydrogens is 376 g/mol. The van der Waals surface area contributed by atoms with Gasteiger partial charge in [-0.3, -0.25) is 4.79 Å². The van der Waals surface area contributed by atoms with E-state index in [-0.39, 0.29) is 23.7 Å². The zero-order chi connectivity index (χ0) is 20.8. The monoisotopic (exact) mass is 396 g/mol. The molecule has 0 aliphatic carbocycles. The van der Waals surface area contributed by atoms with E-state index in [1.54, 1.807) is 0 Å².